The van der Waals surface area contributed by atoms with Crippen molar-refractivity contribution in [2.75, 3.05) is 6.61 Å². The predicted octanol–water partition coefficient (Wildman–Crippen LogP) is 8.32. The number of ether oxygens (including phenoxy) is 1. The highest BCUT2D eigenvalue weighted by atomic mass is 28.3. The summed E-state index contributed by atoms with van der Waals surface area (Å²) in [6, 6.07) is 11.0. The molecule has 1 heterocycles. The van der Waals surface area contributed by atoms with Crippen LogP contribution in [0.4, 0.5) is 0 Å². The molecule has 0 atom stereocenters. The second kappa shape index (κ2) is 14.4. The number of rotatable bonds is 16. The van der Waals surface area contributed by atoms with E-state index in [0.29, 0.717) is 0 Å². The lowest BCUT2D eigenvalue weighted by Gasteiger charge is -2.19. The highest BCUT2D eigenvalue weighted by Crippen LogP contribution is 2.21. The first-order valence-electron chi connectivity index (χ1n) is 12.6. The average Bonchev–Trinajstić information content (AvgIpc) is 2.79. The topological polar surface area (TPSA) is 35.0 Å². The van der Waals surface area contributed by atoms with E-state index < -0.39 is 8.07 Å². The summed E-state index contributed by atoms with van der Waals surface area (Å²) in [4.78, 5) is 9.16. The Balaban J connectivity index is 1.67. The van der Waals surface area contributed by atoms with Crippen molar-refractivity contribution in [2.24, 2.45) is 0 Å². The molecule has 0 spiro atoms. The highest BCUT2D eigenvalue weighted by molar-refractivity contribution is 6.77. The fourth-order valence-corrected chi connectivity index (χ4v) is 5.25. The van der Waals surface area contributed by atoms with Crippen LogP contribution in [0.15, 0.2) is 36.7 Å². The van der Waals surface area contributed by atoms with Crippen molar-refractivity contribution in [3.63, 3.8) is 0 Å². The van der Waals surface area contributed by atoms with Crippen LogP contribution in [-0.2, 0) is 6.42 Å². The molecule has 3 nitrogen and oxygen atoms in total. The number of hydrogen-bond donors (Lipinski definition) is 0. The Morgan fingerprint density at radius 3 is 2.10 bits per heavy atom. The first kappa shape index (κ1) is 25.6. The van der Waals surface area contributed by atoms with Crippen molar-refractivity contribution in [3.8, 4) is 17.1 Å². The molecule has 0 aliphatic heterocycles. The lowest BCUT2D eigenvalue weighted by Crippen LogP contribution is -2.22. The monoisotopic (exact) mass is 440 g/mol. The summed E-state index contributed by atoms with van der Waals surface area (Å²) in [6.07, 6.45) is 16.7. The van der Waals surface area contributed by atoms with Crippen LogP contribution < -0.4 is 4.74 Å². The van der Waals surface area contributed by atoms with E-state index in [1.54, 1.807) is 0 Å². The number of benzene rings is 1. The zero-order chi connectivity index (χ0) is 22.4. The Kier molecular flexibility index (Phi) is 11.9. The van der Waals surface area contributed by atoms with Gasteiger partial charge in [-0.25, -0.2) is 9.97 Å². The summed E-state index contributed by atoms with van der Waals surface area (Å²) in [7, 11) is -0.910. The molecule has 0 saturated carbocycles. The minimum atomic E-state index is -0.910. The summed E-state index contributed by atoms with van der Waals surface area (Å²) < 4.78 is 5.92. The molecular formula is C27H44N2OSi. The Morgan fingerprint density at radius 2 is 1.42 bits per heavy atom. The van der Waals surface area contributed by atoms with E-state index >= 15 is 0 Å². The number of aryl methyl sites for hydroxylation is 1. The SMILES string of the molecule is CCCCCCCCc1cnc(-c2ccc(OCCCCC[Si](C)(C)CC)cc2)nc1. The normalized spacial score (nSPS) is 11.6. The maximum atomic E-state index is 5.92. The van der Waals surface area contributed by atoms with Crippen LogP contribution in [0.3, 0.4) is 0 Å². The van der Waals surface area contributed by atoms with Crippen molar-refractivity contribution < 1.29 is 4.74 Å². The van der Waals surface area contributed by atoms with Crippen molar-refractivity contribution in [1.29, 1.82) is 0 Å². The Labute approximate surface area is 192 Å². The first-order valence-corrected chi connectivity index (χ1v) is 16.0. The summed E-state index contributed by atoms with van der Waals surface area (Å²) in [5, 5.41) is 0. The van der Waals surface area contributed by atoms with Gasteiger partial charge in [-0.2, -0.15) is 0 Å². The molecular weight excluding hydrogens is 396 g/mol. The third-order valence-electron chi connectivity index (χ3n) is 6.36. The molecule has 0 bridgehead atoms. The number of nitrogens with zero attached hydrogens (tertiary/aromatic N) is 2. The van der Waals surface area contributed by atoms with Crippen LogP contribution in [0, 0.1) is 0 Å². The maximum absolute atomic E-state index is 5.92. The van der Waals surface area contributed by atoms with Gasteiger partial charge in [0.2, 0.25) is 0 Å². The molecule has 0 radical (unpaired) electrons. The van der Waals surface area contributed by atoms with Crippen LogP contribution in [-0.4, -0.2) is 24.6 Å². The van der Waals surface area contributed by atoms with Gasteiger partial charge < -0.3 is 4.74 Å². The zero-order valence-electron chi connectivity index (χ0n) is 20.5. The lowest BCUT2D eigenvalue weighted by atomic mass is 10.1. The smallest absolute Gasteiger partial charge is 0.159 e. The van der Waals surface area contributed by atoms with Gasteiger partial charge in [0.15, 0.2) is 5.82 Å². The molecule has 172 valence electrons. The second-order valence-electron chi connectivity index (χ2n) is 9.63. The standard InChI is InChI=1S/C27H44N2OSi/c1-5-7-8-9-10-12-15-24-22-28-27(29-23-24)25-16-18-26(19-17-25)30-20-13-11-14-21-31(3,4)6-2/h16-19,22-23H,5-15,20-21H2,1-4H3. The van der Waals surface area contributed by atoms with Crippen molar-refractivity contribution in [3.05, 3.63) is 42.2 Å². The third kappa shape index (κ3) is 10.5. The van der Waals surface area contributed by atoms with E-state index in [1.165, 1.54) is 69.0 Å². The number of aromatic nitrogens is 2. The van der Waals surface area contributed by atoms with Gasteiger partial charge in [0.05, 0.1) is 6.61 Å². The van der Waals surface area contributed by atoms with Crippen LogP contribution in [0.1, 0.15) is 77.2 Å². The lowest BCUT2D eigenvalue weighted by molar-refractivity contribution is 0.306. The molecule has 0 N–H and O–H groups in total. The van der Waals surface area contributed by atoms with E-state index in [9.17, 15) is 0 Å². The highest BCUT2D eigenvalue weighted by Gasteiger charge is 2.16. The minimum absolute atomic E-state index is 0.793. The van der Waals surface area contributed by atoms with Gasteiger partial charge in [0, 0.05) is 26.0 Å². The molecule has 2 aromatic rings. The molecule has 0 saturated heterocycles. The van der Waals surface area contributed by atoms with Crippen LogP contribution in [0.25, 0.3) is 11.4 Å². The van der Waals surface area contributed by atoms with Crippen molar-refractivity contribution in [2.45, 2.75) is 103 Å². The van der Waals surface area contributed by atoms with Gasteiger partial charge in [-0.15, -0.1) is 0 Å². The Morgan fingerprint density at radius 1 is 0.774 bits per heavy atom. The van der Waals surface area contributed by atoms with Crippen molar-refractivity contribution in [1.82, 2.24) is 9.97 Å². The zero-order valence-corrected chi connectivity index (χ0v) is 21.5. The molecule has 31 heavy (non-hydrogen) atoms. The fraction of sp³-hybridized carbons (Fsp3) is 0.630. The van der Waals surface area contributed by atoms with Gasteiger partial charge in [0.25, 0.3) is 0 Å². The molecule has 0 unspecified atom stereocenters. The molecule has 0 fully saturated rings. The van der Waals surface area contributed by atoms with E-state index in [1.807, 2.05) is 24.5 Å². The van der Waals surface area contributed by atoms with Crippen LogP contribution >= 0.6 is 0 Å². The fourth-order valence-electron chi connectivity index (χ4n) is 3.69. The van der Waals surface area contributed by atoms with Gasteiger partial charge in [-0.3, -0.25) is 0 Å². The van der Waals surface area contributed by atoms with Crippen molar-refractivity contribution >= 4 is 8.07 Å². The Bertz CT molecular complexity index is 713. The van der Waals surface area contributed by atoms with Crippen LogP contribution in [0.2, 0.25) is 25.2 Å². The van der Waals surface area contributed by atoms with E-state index in [-0.39, 0.29) is 0 Å². The minimum Gasteiger partial charge on any atom is -0.494 e. The summed E-state index contributed by atoms with van der Waals surface area (Å²) in [5.41, 5.74) is 2.29. The predicted molar refractivity (Wildman–Crippen MR) is 137 cm³/mol. The van der Waals surface area contributed by atoms with Gasteiger partial charge in [-0.05, 0) is 49.1 Å². The molecule has 0 aliphatic carbocycles. The largest absolute Gasteiger partial charge is 0.494 e. The molecule has 0 amide bonds. The maximum Gasteiger partial charge on any atom is 0.159 e. The molecule has 0 aliphatic rings. The summed E-state index contributed by atoms with van der Waals surface area (Å²) >= 11 is 0. The van der Waals surface area contributed by atoms with Gasteiger partial charge >= 0.3 is 0 Å². The molecule has 4 heteroatoms. The molecule has 1 aromatic carbocycles. The van der Waals surface area contributed by atoms with Crippen LogP contribution in [0.5, 0.6) is 5.75 Å². The molecule has 2 rings (SSSR count). The first-order chi connectivity index (χ1) is 15.0. The quantitative estimate of drug-likeness (QED) is 0.194. The summed E-state index contributed by atoms with van der Waals surface area (Å²) in [5.74, 6) is 1.73. The summed E-state index contributed by atoms with van der Waals surface area (Å²) in [6.45, 7) is 10.4. The van der Waals surface area contributed by atoms with E-state index in [2.05, 4.69) is 49.0 Å². The molecule has 1 aromatic heterocycles. The second-order valence-corrected chi connectivity index (χ2v) is 15.2. The van der Waals surface area contributed by atoms with Gasteiger partial charge in [0.1, 0.15) is 5.75 Å². The number of unbranched alkanes of at least 4 members (excludes halogenated alkanes) is 7. The van der Waals surface area contributed by atoms with E-state index in [4.69, 9.17) is 4.74 Å². The van der Waals surface area contributed by atoms with Gasteiger partial charge in [-0.1, -0.05) is 84.0 Å². The average molecular weight is 441 g/mol. The van der Waals surface area contributed by atoms with E-state index in [0.717, 1.165) is 36.6 Å². The third-order valence-corrected chi connectivity index (χ3v) is 9.98. The number of hydrogen-bond acceptors (Lipinski definition) is 3. The Hall–Kier alpha value is -1.68.